The van der Waals surface area contributed by atoms with Gasteiger partial charge in [0.05, 0.1) is 16.8 Å². The van der Waals surface area contributed by atoms with Crippen molar-refractivity contribution in [1.82, 2.24) is 9.62 Å². The number of hydrogen-bond acceptors (Lipinski definition) is 5. The number of carbonyl (C=O) groups excluding carboxylic acids is 2. The highest BCUT2D eigenvalue weighted by Crippen LogP contribution is 2.31. The van der Waals surface area contributed by atoms with E-state index in [9.17, 15) is 35.6 Å². The monoisotopic (exact) mass is 544 g/mol. The second-order valence-electron chi connectivity index (χ2n) is 7.35. The summed E-state index contributed by atoms with van der Waals surface area (Å²) in [5, 5.41) is -0.567. The van der Waals surface area contributed by atoms with Crippen LogP contribution in [0.5, 0.6) is 5.75 Å². The van der Waals surface area contributed by atoms with Crippen LogP contribution in [0, 0.1) is 5.82 Å². The average Bonchev–Trinajstić information content (AvgIpc) is 2.66. The second kappa shape index (κ2) is 10.4. The van der Waals surface area contributed by atoms with Crippen molar-refractivity contribution in [2.45, 2.75) is 32.8 Å². The van der Waals surface area contributed by atoms with Crippen LogP contribution in [0.15, 0.2) is 30.3 Å². The van der Waals surface area contributed by atoms with E-state index >= 15 is 0 Å². The first-order valence-corrected chi connectivity index (χ1v) is 12.0. The molecule has 0 aliphatic heterocycles. The first-order chi connectivity index (χ1) is 15.5. The van der Waals surface area contributed by atoms with E-state index in [1.165, 1.54) is 4.90 Å². The summed E-state index contributed by atoms with van der Waals surface area (Å²) >= 11 is 12.0. The van der Waals surface area contributed by atoms with Crippen LogP contribution in [0.3, 0.4) is 0 Å². The molecule has 0 saturated heterocycles. The molecule has 0 atom stereocenters. The molecule has 0 saturated carbocycles. The third kappa shape index (κ3) is 7.47. The summed E-state index contributed by atoms with van der Waals surface area (Å²) in [6.45, 7) is 3.04. The lowest BCUT2D eigenvalue weighted by Crippen LogP contribution is -2.36. The summed E-state index contributed by atoms with van der Waals surface area (Å²) in [7, 11) is -3.94. The molecule has 0 fully saturated rings. The Morgan fingerprint density at radius 2 is 1.74 bits per heavy atom. The topological polar surface area (TPSA) is 92.8 Å². The van der Waals surface area contributed by atoms with Crippen molar-refractivity contribution in [3.8, 4) is 5.75 Å². The predicted molar refractivity (Wildman–Crippen MR) is 117 cm³/mol. The largest absolute Gasteiger partial charge is 0.573 e. The highest BCUT2D eigenvalue weighted by Gasteiger charge is 2.32. The number of ether oxygens (including phenoxy) is 1. The predicted octanol–water partition coefficient (Wildman–Crippen LogP) is 4.77. The minimum absolute atomic E-state index is 0.0611. The zero-order valence-corrected chi connectivity index (χ0v) is 20.2. The number of hydrogen-bond donors (Lipinski definition) is 1. The molecule has 0 bridgehead atoms. The average molecular weight is 545 g/mol. The van der Waals surface area contributed by atoms with Gasteiger partial charge in [0, 0.05) is 23.2 Å². The fourth-order valence-electron chi connectivity index (χ4n) is 2.79. The van der Waals surface area contributed by atoms with Gasteiger partial charge < -0.3 is 9.64 Å². The van der Waals surface area contributed by atoms with Gasteiger partial charge in [-0.15, -0.1) is 13.2 Å². The van der Waals surface area contributed by atoms with Crippen molar-refractivity contribution in [2.24, 2.45) is 0 Å². The summed E-state index contributed by atoms with van der Waals surface area (Å²) in [5.74, 6) is -3.63. The quantitative estimate of drug-likeness (QED) is 0.507. The van der Waals surface area contributed by atoms with Crippen molar-refractivity contribution in [3.05, 3.63) is 62.9 Å². The molecule has 186 valence electrons. The highest BCUT2D eigenvalue weighted by molar-refractivity contribution is 7.89. The second-order valence-corrected chi connectivity index (χ2v) is 9.91. The molecule has 0 heterocycles. The van der Waals surface area contributed by atoms with Crippen molar-refractivity contribution in [2.75, 3.05) is 6.26 Å². The first kappa shape index (κ1) is 27.7. The molecule has 2 amide bonds. The Kier molecular flexibility index (Phi) is 8.43. The molecule has 0 unspecified atom stereocenters. The van der Waals surface area contributed by atoms with Crippen LogP contribution in [0.25, 0.3) is 0 Å². The van der Waals surface area contributed by atoms with Crippen LogP contribution in [0.4, 0.5) is 17.6 Å². The lowest BCUT2D eigenvalue weighted by atomic mass is 10.1. The Hall–Kier alpha value is -2.57. The summed E-state index contributed by atoms with van der Waals surface area (Å²) < 4.78 is 79.7. The Morgan fingerprint density at radius 1 is 1.12 bits per heavy atom. The van der Waals surface area contributed by atoms with Gasteiger partial charge in [0.2, 0.25) is 10.0 Å². The summed E-state index contributed by atoms with van der Waals surface area (Å²) in [6.07, 6.45) is -4.25. The van der Waals surface area contributed by atoms with Gasteiger partial charge in [-0.2, -0.15) is 0 Å². The molecule has 1 N–H and O–H groups in total. The van der Waals surface area contributed by atoms with Crippen LogP contribution < -0.4 is 9.46 Å². The van der Waals surface area contributed by atoms with Gasteiger partial charge >= 0.3 is 6.36 Å². The van der Waals surface area contributed by atoms with Gasteiger partial charge in [0.1, 0.15) is 11.6 Å². The molecule has 2 rings (SSSR count). The number of nitrogens with zero attached hydrogens (tertiary/aromatic N) is 1. The fraction of sp³-hybridized carbons (Fsp3) is 0.300. The number of rotatable bonds is 7. The third-order valence-electron chi connectivity index (χ3n) is 4.29. The maximum atomic E-state index is 14.5. The van der Waals surface area contributed by atoms with E-state index in [0.717, 1.165) is 36.6 Å². The van der Waals surface area contributed by atoms with Crippen LogP contribution in [0.2, 0.25) is 10.0 Å². The number of nitrogens with one attached hydrogen (secondary N) is 1. The molecule has 0 aliphatic carbocycles. The molecule has 0 aromatic heterocycles. The number of halogens is 6. The maximum Gasteiger partial charge on any atom is 0.573 e. The lowest BCUT2D eigenvalue weighted by molar-refractivity contribution is -0.274. The minimum Gasteiger partial charge on any atom is -0.404 e. The highest BCUT2D eigenvalue weighted by atomic mass is 35.5. The number of amides is 2. The molecular formula is C20H18Cl2F4N2O5S. The van der Waals surface area contributed by atoms with E-state index in [1.807, 2.05) is 0 Å². The molecule has 34 heavy (non-hydrogen) atoms. The van der Waals surface area contributed by atoms with Crippen molar-refractivity contribution < 1.29 is 40.3 Å². The zero-order valence-electron chi connectivity index (χ0n) is 17.8. The van der Waals surface area contributed by atoms with Crippen molar-refractivity contribution in [1.29, 1.82) is 0 Å². The number of carbonyl (C=O) groups is 2. The maximum absolute atomic E-state index is 14.5. The van der Waals surface area contributed by atoms with Crippen LogP contribution in [-0.2, 0) is 16.6 Å². The molecule has 0 aliphatic rings. The third-order valence-corrected chi connectivity index (χ3v) is 5.49. The molecule has 0 spiro atoms. The van der Waals surface area contributed by atoms with Crippen LogP contribution in [-0.4, -0.2) is 43.8 Å². The Morgan fingerprint density at radius 3 is 2.24 bits per heavy atom. The molecule has 7 nitrogen and oxygen atoms in total. The molecule has 0 radical (unpaired) electrons. The van der Waals surface area contributed by atoms with Crippen LogP contribution in [0.1, 0.15) is 40.1 Å². The minimum atomic E-state index is -4.97. The smallest absolute Gasteiger partial charge is 0.404 e. The van der Waals surface area contributed by atoms with Crippen molar-refractivity contribution >= 4 is 45.0 Å². The van der Waals surface area contributed by atoms with E-state index in [-0.39, 0.29) is 22.7 Å². The van der Waals surface area contributed by atoms with Gasteiger partial charge in [-0.3, -0.25) is 9.59 Å². The Balaban J connectivity index is 2.33. The van der Waals surface area contributed by atoms with E-state index in [0.29, 0.717) is 0 Å². The fourth-order valence-corrected chi connectivity index (χ4v) is 3.68. The SMILES string of the molecule is CC(C)N(Cc1cc(F)c(C(=O)NS(C)(=O)=O)cc1Cl)C(=O)c1ccc(OC(F)(F)F)c(Cl)c1. The normalized spacial score (nSPS) is 11.9. The van der Waals surface area contributed by atoms with Gasteiger partial charge in [0.15, 0.2) is 0 Å². The first-order valence-electron chi connectivity index (χ1n) is 9.35. The molecule has 2 aromatic rings. The lowest BCUT2D eigenvalue weighted by Gasteiger charge is -2.28. The van der Waals surface area contributed by atoms with E-state index in [4.69, 9.17) is 23.2 Å². The van der Waals surface area contributed by atoms with E-state index < -0.39 is 56.4 Å². The molecule has 2 aromatic carbocycles. The van der Waals surface area contributed by atoms with Gasteiger partial charge in [-0.25, -0.2) is 17.5 Å². The standard InChI is InChI=1S/C20H18Cl2F4N2O5S/c1-10(2)28(19(30)11-4-5-17(15(22)6-11)33-20(24,25)26)9-12-7-16(23)13(8-14(12)21)18(29)27-34(3,31)32/h4-8,10H,9H2,1-3H3,(H,27,29). The number of sulfonamides is 1. The number of benzene rings is 2. The Labute approximate surface area is 202 Å². The van der Waals surface area contributed by atoms with Crippen molar-refractivity contribution in [3.63, 3.8) is 0 Å². The zero-order chi connectivity index (χ0) is 26.0. The van der Waals surface area contributed by atoms with Gasteiger partial charge in [-0.05, 0) is 49.7 Å². The molecular weight excluding hydrogens is 527 g/mol. The van der Waals surface area contributed by atoms with Gasteiger partial charge in [0.25, 0.3) is 11.8 Å². The van der Waals surface area contributed by atoms with Crippen LogP contribution >= 0.6 is 23.2 Å². The van der Waals surface area contributed by atoms with Gasteiger partial charge in [-0.1, -0.05) is 23.2 Å². The van der Waals surface area contributed by atoms with E-state index in [2.05, 4.69) is 4.74 Å². The summed E-state index contributed by atoms with van der Waals surface area (Å²) in [6, 6.07) is 4.33. The number of alkyl halides is 3. The summed E-state index contributed by atoms with van der Waals surface area (Å²) in [4.78, 5) is 26.2. The summed E-state index contributed by atoms with van der Waals surface area (Å²) in [5.41, 5.74) is -0.581. The van der Waals surface area contributed by atoms with E-state index in [1.54, 1.807) is 18.6 Å². The Bertz CT molecular complexity index is 1220. The molecule has 14 heteroatoms.